The average Bonchev–Trinajstić information content (AvgIpc) is 2.20. The molecule has 0 saturated carbocycles. The molecule has 5 heteroatoms. The molecule has 0 aromatic heterocycles. The first kappa shape index (κ1) is 10.6. The molecule has 84 valence electrons. The normalized spacial score (nSPS) is 16.7. The fraction of sp³-hybridized carbons (Fsp3) is 0.273. The Balaban J connectivity index is 2.42. The Bertz CT molecular complexity index is 443. The van der Waals surface area contributed by atoms with Crippen LogP contribution in [-0.2, 0) is 9.59 Å². The predicted octanol–water partition coefficient (Wildman–Crippen LogP) is 1.45. The van der Waals surface area contributed by atoms with E-state index in [1.165, 1.54) is 12.1 Å². The number of nitrogens with zero attached hydrogens (tertiary/aromatic N) is 1. The minimum absolute atomic E-state index is 0.101. The summed E-state index contributed by atoms with van der Waals surface area (Å²) in [5, 5.41) is 0. The molecular weight excluding hydrogens is 211 g/mol. The highest BCUT2D eigenvalue weighted by atomic mass is 19.1. The van der Waals surface area contributed by atoms with Crippen LogP contribution in [0.25, 0.3) is 0 Å². The summed E-state index contributed by atoms with van der Waals surface area (Å²) in [6.07, 6.45) is 1.21. The average molecular weight is 222 g/mol. The molecule has 1 saturated heterocycles. The number of benzene rings is 1. The molecule has 1 aromatic rings. The molecule has 0 bridgehead atoms. The standard InChI is InChI=1S/C11H11FN2O2/c12-7-4-5-9(8(13)6-7)14-10(15)2-1-3-11(14)16/h4-6H,1-3,13H2. The van der Waals surface area contributed by atoms with Crippen LogP contribution >= 0.6 is 0 Å². The van der Waals surface area contributed by atoms with Gasteiger partial charge in [0.2, 0.25) is 11.8 Å². The maximum atomic E-state index is 12.8. The molecule has 2 amide bonds. The van der Waals surface area contributed by atoms with Gasteiger partial charge in [0, 0.05) is 12.8 Å². The van der Waals surface area contributed by atoms with Crippen LogP contribution in [0.1, 0.15) is 19.3 Å². The summed E-state index contributed by atoms with van der Waals surface area (Å²) in [5.41, 5.74) is 5.97. The maximum Gasteiger partial charge on any atom is 0.233 e. The van der Waals surface area contributed by atoms with Crippen molar-refractivity contribution in [2.75, 3.05) is 10.6 Å². The number of nitrogen functional groups attached to an aromatic ring is 1. The molecule has 4 nitrogen and oxygen atoms in total. The number of rotatable bonds is 1. The predicted molar refractivity (Wildman–Crippen MR) is 57.2 cm³/mol. The van der Waals surface area contributed by atoms with Gasteiger partial charge in [-0.2, -0.15) is 0 Å². The summed E-state index contributed by atoms with van der Waals surface area (Å²) in [6, 6.07) is 3.64. The van der Waals surface area contributed by atoms with Crippen LogP contribution in [0.5, 0.6) is 0 Å². The molecule has 0 unspecified atom stereocenters. The Hall–Kier alpha value is -1.91. The SMILES string of the molecule is Nc1cc(F)ccc1N1C(=O)CCCC1=O. The zero-order valence-corrected chi connectivity index (χ0v) is 8.57. The van der Waals surface area contributed by atoms with Crippen molar-refractivity contribution in [3.63, 3.8) is 0 Å². The van der Waals surface area contributed by atoms with Crippen molar-refractivity contribution >= 4 is 23.2 Å². The van der Waals surface area contributed by atoms with E-state index in [0.717, 1.165) is 11.0 Å². The largest absolute Gasteiger partial charge is 0.397 e. The van der Waals surface area contributed by atoms with Crippen LogP contribution in [0.4, 0.5) is 15.8 Å². The topological polar surface area (TPSA) is 63.4 Å². The number of halogens is 1. The minimum Gasteiger partial charge on any atom is -0.397 e. The molecule has 0 spiro atoms. The number of carbonyl (C=O) groups is 2. The van der Waals surface area contributed by atoms with Crippen LogP contribution in [0.15, 0.2) is 18.2 Å². The van der Waals surface area contributed by atoms with Gasteiger partial charge in [0.15, 0.2) is 0 Å². The highest BCUT2D eigenvalue weighted by molar-refractivity contribution is 6.17. The van der Waals surface area contributed by atoms with Gasteiger partial charge >= 0.3 is 0 Å². The molecule has 0 atom stereocenters. The van der Waals surface area contributed by atoms with Crippen LogP contribution < -0.4 is 10.6 Å². The molecule has 1 aliphatic heterocycles. The van der Waals surface area contributed by atoms with E-state index in [9.17, 15) is 14.0 Å². The van der Waals surface area contributed by atoms with E-state index in [-0.39, 0.29) is 23.2 Å². The van der Waals surface area contributed by atoms with E-state index in [1.54, 1.807) is 0 Å². The van der Waals surface area contributed by atoms with Crippen LogP contribution in [0.3, 0.4) is 0 Å². The Kier molecular flexibility index (Phi) is 2.60. The van der Waals surface area contributed by atoms with Gasteiger partial charge in [0.05, 0.1) is 11.4 Å². The number of nitrogens with two attached hydrogens (primary N) is 1. The second-order valence-corrected chi connectivity index (χ2v) is 3.68. The monoisotopic (exact) mass is 222 g/mol. The molecule has 1 fully saturated rings. The molecular formula is C11H11FN2O2. The summed E-state index contributed by atoms with van der Waals surface area (Å²) >= 11 is 0. The third-order valence-corrected chi connectivity index (χ3v) is 2.51. The van der Waals surface area contributed by atoms with Crippen molar-refractivity contribution in [3.05, 3.63) is 24.0 Å². The van der Waals surface area contributed by atoms with Gasteiger partial charge in [-0.3, -0.25) is 9.59 Å². The van der Waals surface area contributed by atoms with E-state index in [0.29, 0.717) is 19.3 Å². The van der Waals surface area contributed by atoms with Crippen molar-refractivity contribution < 1.29 is 14.0 Å². The Morgan fingerprint density at radius 2 is 1.81 bits per heavy atom. The first-order valence-electron chi connectivity index (χ1n) is 5.00. The van der Waals surface area contributed by atoms with E-state index < -0.39 is 5.82 Å². The van der Waals surface area contributed by atoms with Crippen molar-refractivity contribution in [1.82, 2.24) is 0 Å². The zero-order chi connectivity index (χ0) is 11.7. The van der Waals surface area contributed by atoms with Gasteiger partial charge in [0.25, 0.3) is 0 Å². The van der Waals surface area contributed by atoms with E-state index >= 15 is 0 Å². The molecule has 2 N–H and O–H groups in total. The van der Waals surface area contributed by atoms with Crippen molar-refractivity contribution in [2.24, 2.45) is 0 Å². The summed E-state index contributed by atoms with van der Waals surface area (Å²) in [7, 11) is 0. The van der Waals surface area contributed by atoms with E-state index in [2.05, 4.69) is 0 Å². The number of carbonyl (C=O) groups excluding carboxylic acids is 2. The second-order valence-electron chi connectivity index (χ2n) is 3.68. The first-order valence-corrected chi connectivity index (χ1v) is 5.00. The van der Waals surface area contributed by atoms with Gasteiger partial charge in [-0.25, -0.2) is 9.29 Å². The van der Waals surface area contributed by atoms with Gasteiger partial charge in [-0.05, 0) is 24.6 Å². The first-order chi connectivity index (χ1) is 7.59. The molecule has 0 radical (unpaired) electrons. The Morgan fingerprint density at radius 1 is 1.19 bits per heavy atom. The molecule has 0 aliphatic carbocycles. The fourth-order valence-electron chi connectivity index (χ4n) is 1.75. The Labute approximate surface area is 91.8 Å². The highest BCUT2D eigenvalue weighted by Gasteiger charge is 2.28. The lowest BCUT2D eigenvalue weighted by Crippen LogP contribution is -2.40. The quantitative estimate of drug-likeness (QED) is 0.577. The zero-order valence-electron chi connectivity index (χ0n) is 8.57. The molecule has 1 aliphatic rings. The lowest BCUT2D eigenvalue weighted by atomic mass is 10.1. The molecule has 1 aromatic carbocycles. The van der Waals surface area contributed by atoms with Gasteiger partial charge in [-0.1, -0.05) is 0 Å². The van der Waals surface area contributed by atoms with E-state index in [4.69, 9.17) is 5.73 Å². The lowest BCUT2D eigenvalue weighted by molar-refractivity contribution is -0.129. The van der Waals surface area contributed by atoms with Crippen molar-refractivity contribution in [3.8, 4) is 0 Å². The summed E-state index contributed by atoms with van der Waals surface area (Å²) in [6.45, 7) is 0. The van der Waals surface area contributed by atoms with E-state index in [1.807, 2.05) is 0 Å². The van der Waals surface area contributed by atoms with Gasteiger partial charge in [0.1, 0.15) is 5.82 Å². The maximum absolute atomic E-state index is 12.8. The summed E-state index contributed by atoms with van der Waals surface area (Å²) in [4.78, 5) is 24.2. The minimum atomic E-state index is -0.488. The number of piperidine rings is 1. The second kappa shape index (κ2) is 3.92. The summed E-state index contributed by atoms with van der Waals surface area (Å²) in [5.74, 6) is -1.05. The smallest absolute Gasteiger partial charge is 0.233 e. The molecule has 16 heavy (non-hydrogen) atoms. The number of imide groups is 1. The summed E-state index contributed by atoms with van der Waals surface area (Å²) < 4.78 is 12.8. The fourth-order valence-corrected chi connectivity index (χ4v) is 1.75. The van der Waals surface area contributed by atoms with Gasteiger partial charge < -0.3 is 5.73 Å². The third-order valence-electron chi connectivity index (χ3n) is 2.51. The molecule has 1 heterocycles. The number of hydrogen-bond donors (Lipinski definition) is 1. The Morgan fingerprint density at radius 3 is 2.38 bits per heavy atom. The number of anilines is 2. The highest BCUT2D eigenvalue weighted by Crippen LogP contribution is 2.28. The number of amides is 2. The molecule has 2 rings (SSSR count). The van der Waals surface area contributed by atoms with Crippen LogP contribution in [-0.4, -0.2) is 11.8 Å². The third kappa shape index (κ3) is 1.76. The van der Waals surface area contributed by atoms with Crippen LogP contribution in [0.2, 0.25) is 0 Å². The van der Waals surface area contributed by atoms with Crippen molar-refractivity contribution in [2.45, 2.75) is 19.3 Å². The lowest BCUT2D eigenvalue weighted by Gasteiger charge is -2.25. The van der Waals surface area contributed by atoms with Crippen LogP contribution in [0, 0.1) is 5.82 Å². The van der Waals surface area contributed by atoms with Crippen molar-refractivity contribution in [1.29, 1.82) is 0 Å². The number of hydrogen-bond acceptors (Lipinski definition) is 3. The van der Waals surface area contributed by atoms with Gasteiger partial charge in [-0.15, -0.1) is 0 Å².